The van der Waals surface area contributed by atoms with E-state index in [1.54, 1.807) is 20.8 Å². The molecular formula is C20H26N2O4. The number of β-amino-alcohol motifs (C(OH)–C–C–N with tert-alkyl or cyclic N) is 1. The van der Waals surface area contributed by atoms with Crippen molar-refractivity contribution in [1.82, 2.24) is 5.01 Å². The maximum absolute atomic E-state index is 11.1. The predicted octanol–water partition coefficient (Wildman–Crippen LogP) is 3.57. The summed E-state index contributed by atoms with van der Waals surface area (Å²) < 4.78 is 29.3. The number of hydrogen-bond donors (Lipinski definition) is 2. The molecule has 0 heterocycles. The van der Waals surface area contributed by atoms with Crippen LogP contribution in [-0.4, -0.2) is 27.3 Å². The molecule has 0 saturated carbocycles. The van der Waals surface area contributed by atoms with Gasteiger partial charge in [0.05, 0.1) is 34.1 Å². The lowest BCUT2D eigenvalue weighted by molar-refractivity contribution is 0.0590. The van der Waals surface area contributed by atoms with E-state index in [4.69, 9.17) is 8.85 Å². The fourth-order valence-electron chi connectivity index (χ4n) is 2.28. The number of nitroso groups, excluding NO2 is 1. The molecule has 6 nitrogen and oxygen atoms in total. The lowest BCUT2D eigenvalue weighted by Crippen LogP contribution is -2.39. The van der Waals surface area contributed by atoms with Crippen molar-refractivity contribution in [3.63, 3.8) is 0 Å². The number of rotatable bonds is 8. The summed E-state index contributed by atoms with van der Waals surface area (Å²) in [6.45, 7) is 2.10. The third kappa shape index (κ3) is 5.28. The van der Waals surface area contributed by atoms with Crippen molar-refractivity contribution in [3.05, 3.63) is 70.1 Å². The number of nitrogens with zero attached hydrogens (tertiary/aromatic N) is 2. The van der Waals surface area contributed by atoms with E-state index >= 15 is 0 Å². The molecule has 0 saturated heterocycles. The number of hydrogen-bond acceptors (Lipinski definition) is 5. The minimum Gasteiger partial charge on any atom is -0.489 e. The van der Waals surface area contributed by atoms with Gasteiger partial charge in [-0.15, -0.1) is 4.91 Å². The van der Waals surface area contributed by atoms with Crippen molar-refractivity contribution in [2.75, 3.05) is 6.54 Å². The first-order chi connectivity index (χ1) is 13.3. The predicted molar refractivity (Wildman–Crippen MR) is 100 cm³/mol. The number of aliphatic hydroxyl groups is 2. The normalized spacial score (nSPS) is 16.0. The molecule has 0 fully saturated rings. The molecule has 0 amide bonds. The van der Waals surface area contributed by atoms with E-state index in [1.807, 2.05) is 30.3 Å². The lowest BCUT2D eigenvalue weighted by Gasteiger charge is -2.31. The zero-order valence-corrected chi connectivity index (χ0v) is 15.1. The molecule has 1 atom stereocenters. The molecule has 0 radical (unpaired) electrons. The second-order valence-corrected chi connectivity index (χ2v) is 6.85. The van der Waals surface area contributed by atoms with Crippen molar-refractivity contribution in [1.29, 1.82) is 0 Å². The van der Waals surface area contributed by atoms with Crippen LogP contribution >= 0.6 is 0 Å². The Balaban J connectivity index is 2.33. The molecule has 6 heteroatoms. The van der Waals surface area contributed by atoms with Gasteiger partial charge in [0.15, 0.2) is 0 Å². The molecular weight excluding hydrogens is 332 g/mol. The van der Waals surface area contributed by atoms with Gasteiger partial charge in [-0.05, 0) is 44.0 Å². The highest BCUT2D eigenvalue weighted by atomic mass is 16.5. The van der Waals surface area contributed by atoms with E-state index in [2.05, 4.69) is 5.29 Å². The molecule has 0 aliphatic carbocycles. The summed E-state index contributed by atoms with van der Waals surface area (Å²) in [5.41, 5.74) is -0.0894. The van der Waals surface area contributed by atoms with Crippen LogP contribution in [0.3, 0.4) is 0 Å². The van der Waals surface area contributed by atoms with Crippen LogP contribution in [0.25, 0.3) is 0 Å². The second-order valence-electron chi connectivity index (χ2n) is 6.85. The Morgan fingerprint density at radius 3 is 2.54 bits per heavy atom. The van der Waals surface area contributed by atoms with Crippen LogP contribution in [0.5, 0.6) is 5.75 Å². The van der Waals surface area contributed by atoms with Gasteiger partial charge in [-0.25, -0.2) is 0 Å². The first-order valence-corrected chi connectivity index (χ1v) is 8.22. The van der Waals surface area contributed by atoms with Crippen LogP contribution < -0.4 is 4.74 Å². The van der Waals surface area contributed by atoms with Crippen LogP contribution in [0.1, 0.15) is 47.7 Å². The topological polar surface area (TPSA) is 82.4 Å². The van der Waals surface area contributed by atoms with Gasteiger partial charge in [-0.1, -0.05) is 36.4 Å². The molecule has 140 valence electrons. The van der Waals surface area contributed by atoms with Crippen LogP contribution in [0.2, 0.25) is 0 Å². The van der Waals surface area contributed by atoms with Crippen molar-refractivity contribution >= 4 is 0 Å². The Kier molecular flexibility index (Phi) is 5.33. The van der Waals surface area contributed by atoms with Gasteiger partial charge < -0.3 is 14.9 Å². The summed E-state index contributed by atoms with van der Waals surface area (Å²) in [6.07, 6.45) is -2.26. The van der Waals surface area contributed by atoms with Crippen molar-refractivity contribution < 1.29 is 19.1 Å². The molecule has 0 aliphatic heterocycles. The summed E-state index contributed by atoms with van der Waals surface area (Å²) in [6, 6.07) is 13.2. The van der Waals surface area contributed by atoms with Gasteiger partial charge in [0.25, 0.3) is 0 Å². The van der Waals surface area contributed by atoms with E-state index in [-0.39, 0.29) is 23.5 Å². The molecule has 2 aromatic carbocycles. The maximum atomic E-state index is 11.1. The Bertz CT molecular complexity index is 834. The van der Waals surface area contributed by atoms with Gasteiger partial charge in [-0.2, -0.15) is 0 Å². The molecule has 26 heavy (non-hydrogen) atoms. The highest BCUT2D eigenvalue weighted by Gasteiger charge is 2.24. The molecule has 2 N–H and O–H groups in total. The van der Waals surface area contributed by atoms with E-state index < -0.39 is 24.7 Å². The quantitative estimate of drug-likeness (QED) is 0.555. The van der Waals surface area contributed by atoms with Crippen molar-refractivity contribution in [2.45, 2.75) is 45.6 Å². The second kappa shape index (κ2) is 8.78. The van der Waals surface area contributed by atoms with Crippen molar-refractivity contribution in [2.24, 2.45) is 5.29 Å². The molecule has 2 aromatic rings. The minimum absolute atomic E-state index is 0.00427. The first kappa shape index (κ1) is 15.8. The van der Waals surface area contributed by atoms with Gasteiger partial charge >= 0.3 is 0 Å². The highest BCUT2D eigenvalue weighted by Crippen LogP contribution is 2.26. The third-order valence-electron chi connectivity index (χ3n) is 3.84. The maximum Gasteiger partial charge on any atom is 0.125 e. The van der Waals surface area contributed by atoms with E-state index in [0.29, 0.717) is 0 Å². The van der Waals surface area contributed by atoms with Crippen LogP contribution in [-0.2, 0) is 13.2 Å². The summed E-state index contributed by atoms with van der Waals surface area (Å²) >= 11 is 0. The lowest BCUT2D eigenvalue weighted by atomic mass is 10.0. The summed E-state index contributed by atoms with van der Waals surface area (Å²) in [5.74, 6) is 0.0853. The first-order valence-electron chi connectivity index (χ1n) is 9.72. The van der Waals surface area contributed by atoms with Gasteiger partial charge in [-0.3, -0.25) is 5.01 Å². The van der Waals surface area contributed by atoms with Crippen molar-refractivity contribution in [3.8, 4) is 5.75 Å². The number of ether oxygens (including phenoxy) is 1. The Morgan fingerprint density at radius 2 is 1.96 bits per heavy atom. The Hall–Kier alpha value is -2.44. The third-order valence-corrected chi connectivity index (χ3v) is 3.84. The summed E-state index contributed by atoms with van der Waals surface area (Å²) in [5, 5.41) is 24.5. The summed E-state index contributed by atoms with van der Waals surface area (Å²) in [4.78, 5) is 11.1. The van der Waals surface area contributed by atoms with E-state index in [1.165, 1.54) is 18.2 Å². The molecule has 0 aromatic heterocycles. The molecule has 0 aliphatic rings. The van der Waals surface area contributed by atoms with E-state index in [0.717, 1.165) is 10.6 Å². The molecule has 0 spiro atoms. The molecule has 1 unspecified atom stereocenters. The van der Waals surface area contributed by atoms with Crippen LogP contribution in [0, 0.1) is 4.91 Å². The Morgan fingerprint density at radius 1 is 1.27 bits per heavy atom. The number of benzene rings is 2. The highest BCUT2D eigenvalue weighted by molar-refractivity contribution is 5.38. The smallest absolute Gasteiger partial charge is 0.125 e. The standard InChI is InChI=1S/C20H26N2O4/c1-20(2,3)22(21-25)12-18(24)16-9-10-19(17(11-16)13-23)26-14-15-7-5-4-6-8-15/h4-11,18,23-24H,12-14H2,1-3H3/i13D2,18D. The van der Waals surface area contributed by atoms with E-state index in [9.17, 15) is 15.1 Å². The Labute approximate surface area is 158 Å². The van der Waals surface area contributed by atoms with Gasteiger partial charge in [0.1, 0.15) is 12.4 Å². The zero-order chi connectivity index (χ0) is 21.9. The molecule has 2 rings (SSSR count). The SMILES string of the molecule is [2H]C([2H])(O)c1cc(C([2H])(O)CN(N=O)C(C)(C)C)ccc1OCc1ccccc1. The van der Waals surface area contributed by atoms with Gasteiger partial charge in [0.2, 0.25) is 0 Å². The van der Waals surface area contributed by atoms with Gasteiger partial charge in [0, 0.05) is 5.56 Å². The minimum atomic E-state index is -2.76. The van der Waals surface area contributed by atoms with Crippen LogP contribution in [0.4, 0.5) is 0 Å². The monoisotopic (exact) mass is 361 g/mol. The van der Waals surface area contributed by atoms with Crippen LogP contribution in [0.15, 0.2) is 53.8 Å². The zero-order valence-electron chi connectivity index (χ0n) is 18.1. The average molecular weight is 361 g/mol. The fourth-order valence-corrected chi connectivity index (χ4v) is 2.28. The fraction of sp³-hybridized carbons (Fsp3) is 0.400. The summed E-state index contributed by atoms with van der Waals surface area (Å²) in [7, 11) is 0. The molecule has 0 bridgehead atoms. The average Bonchev–Trinajstić information content (AvgIpc) is 2.63. The largest absolute Gasteiger partial charge is 0.489 e.